The molecule has 1 N–H and O–H groups in total. The van der Waals surface area contributed by atoms with E-state index in [1.54, 1.807) is 0 Å². The van der Waals surface area contributed by atoms with Crippen molar-refractivity contribution in [2.24, 2.45) is 0 Å². The normalized spacial score (nSPS) is 14.3. The molecule has 0 aliphatic rings. The molecule has 0 aliphatic carbocycles. The Morgan fingerprint density at radius 1 is 0.455 bits per heavy atom. The van der Waals surface area contributed by atoms with Crippen molar-refractivity contribution in [2.75, 3.05) is 40.9 Å². The number of rotatable bonds is 56. The van der Waals surface area contributed by atoms with Crippen molar-refractivity contribution in [3.05, 3.63) is 97.2 Å². The van der Waals surface area contributed by atoms with Gasteiger partial charge in [0, 0.05) is 12.8 Å². The molecule has 0 rings (SSSR count). The number of nitrogens with zero attached hydrogens (tertiary/aromatic N) is 1. The fraction of sp³-hybridized carbons (Fsp3) is 0.731. The first-order valence-electron chi connectivity index (χ1n) is 31.5. The number of amides is 1. The molecule has 0 heterocycles. The van der Waals surface area contributed by atoms with Gasteiger partial charge in [0.05, 0.1) is 33.8 Å². The number of carbonyl (C=O) groups excluding carboxylic acids is 2. The van der Waals surface area contributed by atoms with Gasteiger partial charge in [-0.1, -0.05) is 234 Å². The van der Waals surface area contributed by atoms with E-state index in [0.717, 1.165) is 122 Å². The summed E-state index contributed by atoms with van der Waals surface area (Å²) in [6, 6.07) is -0.909. The van der Waals surface area contributed by atoms with Crippen LogP contribution in [0.15, 0.2) is 97.2 Å². The molecule has 0 fully saturated rings. The van der Waals surface area contributed by atoms with Crippen molar-refractivity contribution < 1.29 is 37.3 Å². The van der Waals surface area contributed by atoms with Crippen LogP contribution in [0.25, 0.3) is 0 Å². The summed E-state index contributed by atoms with van der Waals surface area (Å²) in [5.41, 5.74) is 0. The van der Waals surface area contributed by atoms with Gasteiger partial charge in [0.1, 0.15) is 19.3 Å². The van der Waals surface area contributed by atoms with E-state index in [0.29, 0.717) is 23.9 Å². The summed E-state index contributed by atoms with van der Waals surface area (Å²) in [6.45, 7) is 6.75. The van der Waals surface area contributed by atoms with Gasteiger partial charge < -0.3 is 28.5 Å². The highest BCUT2D eigenvalue weighted by molar-refractivity contribution is 7.45. The Hall–Kier alpha value is -3.07. The standard InChI is InChI=1S/C67H119N2O7P/c1-7-10-13-16-19-22-25-27-29-31-33-34-36-37-39-41-44-47-50-53-56-59-66(70)68-64(63-75-77(72,73)74-62-61-69(4,5)6)65(58-55-52-49-46-43-24-21-18-15-12-9-3)76-67(71)60-57-54-51-48-45-42-40-38-35-32-30-28-26-23-20-17-14-11-8-2/h19-20,22-23,27-30,33-35,37-39,55,58,64-65H,7-18,21,24-26,31-32,36,40-54,56-57,59-63H2,1-6H3,(H-,68,70,72,73)/b22-19-,23-20-,29-27-,30-28-,34-33-,38-35-,39-37-,58-55+. The number of hydrogen-bond acceptors (Lipinski definition) is 7. The Morgan fingerprint density at radius 2 is 0.792 bits per heavy atom. The third-order valence-corrected chi connectivity index (χ3v) is 14.5. The van der Waals surface area contributed by atoms with Crippen molar-refractivity contribution in [3.8, 4) is 0 Å². The number of phosphoric ester groups is 1. The summed E-state index contributed by atoms with van der Waals surface area (Å²) in [5.74, 6) is -0.580. The number of nitrogens with one attached hydrogen (secondary N) is 1. The van der Waals surface area contributed by atoms with Crippen LogP contribution >= 0.6 is 7.82 Å². The van der Waals surface area contributed by atoms with Crippen LogP contribution in [0.3, 0.4) is 0 Å². The summed E-state index contributed by atoms with van der Waals surface area (Å²) < 4.78 is 30.3. The molecule has 0 aliphatic heterocycles. The zero-order valence-electron chi connectivity index (χ0n) is 50.6. The number of ether oxygens (including phenoxy) is 1. The second-order valence-corrected chi connectivity index (χ2v) is 23.6. The average molecular weight is 1100 g/mol. The van der Waals surface area contributed by atoms with Crippen LogP contribution < -0.4 is 10.2 Å². The number of unbranched alkanes of at least 4 members (excludes halogenated alkanes) is 26. The SMILES string of the molecule is CCCCC/C=C\C/C=C\C/C=C\C/C=C\CCCCCCCC(=O)NC(COP(=O)([O-])OCC[N+](C)(C)C)C(/C=C/CCCCCCCCCCC)OC(=O)CCCCCCCC/C=C\C/C=C\C/C=C\CCCCC. The number of likely N-dealkylation sites (N-methyl/N-ethyl adjacent to an activating group) is 1. The molecule has 0 saturated carbocycles. The molecule has 77 heavy (non-hydrogen) atoms. The zero-order valence-corrected chi connectivity index (χ0v) is 51.5. The van der Waals surface area contributed by atoms with Crippen LogP contribution in [-0.4, -0.2) is 69.4 Å². The first-order chi connectivity index (χ1) is 37.4. The van der Waals surface area contributed by atoms with E-state index in [4.69, 9.17) is 13.8 Å². The quantitative estimate of drug-likeness (QED) is 0.0212. The van der Waals surface area contributed by atoms with Gasteiger partial charge in [-0.2, -0.15) is 0 Å². The molecular weight excluding hydrogens is 976 g/mol. The summed E-state index contributed by atoms with van der Waals surface area (Å²) in [5, 5.41) is 3.01. The Balaban J connectivity index is 5.28. The highest BCUT2D eigenvalue weighted by atomic mass is 31.2. The van der Waals surface area contributed by atoms with Gasteiger partial charge in [0.2, 0.25) is 5.91 Å². The Kier molecular flexibility index (Phi) is 54.0. The number of allylic oxidation sites excluding steroid dienone is 15. The minimum absolute atomic E-state index is 0.0332. The summed E-state index contributed by atoms with van der Waals surface area (Å²) in [4.78, 5) is 40.0. The van der Waals surface area contributed by atoms with Crippen LogP contribution in [-0.2, 0) is 27.9 Å². The topological polar surface area (TPSA) is 114 Å². The summed E-state index contributed by atoms with van der Waals surface area (Å²) in [7, 11) is 1.15. The summed E-state index contributed by atoms with van der Waals surface area (Å²) in [6.07, 6.45) is 75.1. The predicted molar refractivity (Wildman–Crippen MR) is 330 cm³/mol. The van der Waals surface area contributed by atoms with E-state index < -0.39 is 26.6 Å². The highest BCUT2D eigenvalue weighted by Crippen LogP contribution is 2.38. The summed E-state index contributed by atoms with van der Waals surface area (Å²) >= 11 is 0. The van der Waals surface area contributed by atoms with Crippen molar-refractivity contribution in [1.29, 1.82) is 0 Å². The van der Waals surface area contributed by atoms with Crippen LogP contribution in [0, 0.1) is 0 Å². The molecule has 1 amide bonds. The lowest BCUT2D eigenvalue weighted by atomic mass is 10.1. The second kappa shape index (κ2) is 56.2. The van der Waals surface area contributed by atoms with E-state index in [9.17, 15) is 19.0 Å². The van der Waals surface area contributed by atoms with Gasteiger partial charge in [-0.05, 0) is 115 Å². The van der Waals surface area contributed by atoms with Crippen molar-refractivity contribution >= 4 is 19.7 Å². The molecular formula is C67H119N2O7P. The number of carbonyl (C=O) groups is 2. The average Bonchev–Trinajstić information content (AvgIpc) is 3.39. The fourth-order valence-corrected chi connectivity index (χ4v) is 9.29. The third kappa shape index (κ3) is 57.4. The van der Waals surface area contributed by atoms with E-state index >= 15 is 0 Å². The maximum Gasteiger partial charge on any atom is 0.306 e. The van der Waals surface area contributed by atoms with E-state index in [1.807, 2.05) is 33.3 Å². The van der Waals surface area contributed by atoms with Gasteiger partial charge in [-0.25, -0.2) is 0 Å². The zero-order chi connectivity index (χ0) is 56.4. The minimum Gasteiger partial charge on any atom is -0.756 e. The monoisotopic (exact) mass is 1090 g/mol. The molecule has 9 nitrogen and oxygen atoms in total. The van der Waals surface area contributed by atoms with Crippen LogP contribution in [0.1, 0.15) is 265 Å². The molecule has 3 atom stereocenters. The molecule has 0 radical (unpaired) electrons. The first kappa shape index (κ1) is 73.9. The molecule has 3 unspecified atom stereocenters. The molecule has 444 valence electrons. The second-order valence-electron chi connectivity index (χ2n) is 22.2. The number of esters is 1. The Morgan fingerprint density at radius 3 is 1.21 bits per heavy atom. The Bertz CT molecular complexity index is 1640. The number of quaternary nitrogens is 1. The van der Waals surface area contributed by atoms with E-state index in [2.05, 4.69) is 111 Å². The largest absolute Gasteiger partial charge is 0.756 e. The lowest BCUT2D eigenvalue weighted by Gasteiger charge is -2.30. The van der Waals surface area contributed by atoms with Crippen molar-refractivity contribution in [3.63, 3.8) is 0 Å². The first-order valence-corrected chi connectivity index (χ1v) is 33.0. The Labute approximate surface area is 475 Å². The van der Waals surface area contributed by atoms with Crippen molar-refractivity contribution in [2.45, 2.75) is 277 Å². The lowest BCUT2D eigenvalue weighted by molar-refractivity contribution is -0.870. The molecule has 0 aromatic rings. The molecule has 0 aromatic heterocycles. The molecule has 10 heteroatoms. The fourth-order valence-electron chi connectivity index (χ4n) is 8.57. The van der Waals surface area contributed by atoms with Gasteiger partial charge >= 0.3 is 5.97 Å². The molecule has 0 saturated heterocycles. The van der Waals surface area contributed by atoms with E-state index in [-0.39, 0.29) is 31.3 Å². The van der Waals surface area contributed by atoms with Gasteiger partial charge in [0.25, 0.3) is 7.82 Å². The van der Waals surface area contributed by atoms with Crippen molar-refractivity contribution in [1.82, 2.24) is 5.32 Å². The maximum atomic E-state index is 13.5. The van der Waals surface area contributed by atoms with Gasteiger partial charge in [0.15, 0.2) is 0 Å². The van der Waals surface area contributed by atoms with Gasteiger partial charge in [-0.3, -0.25) is 14.2 Å². The molecule has 0 aromatic carbocycles. The number of phosphoric acid groups is 1. The van der Waals surface area contributed by atoms with Crippen LogP contribution in [0.5, 0.6) is 0 Å². The van der Waals surface area contributed by atoms with Gasteiger partial charge in [-0.15, -0.1) is 0 Å². The molecule has 0 spiro atoms. The number of hydrogen-bond donors (Lipinski definition) is 1. The highest BCUT2D eigenvalue weighted by Gasteiger charge is 2.27. The van der Waals surface area contributed by atoms with Crippen LogP contribution in [0.2, 0.25) is 0 Å². The predicted octanol–water partition coefficient (Wildman–Crippen LogP) is 18.9. The lowest BCUT2D eigenvalue weighted by Crippen LogP contribution is -2.47. The minimum atomic E-state index is -4.71. The van der Waals surface area contributed by atoms with Crippen LogP contribution in [0.4, 0.5) is 0 Å². The molecule has 0 bridgehead atoms. The maximum absolute atomic E-state index is 13.5. The third-order valence-electron chi connectivity index (χ3n) is 13.5. The smallest absolute Gasteiger partial charge is 0.306 e. The van der Waals surface area contributed by atoms with E-state index in [1.165, 1.54) is 96.3 Å².